The van der Waals surface area contributed by atoms with Crippen LogP contribution in [0, 0.1) is 17.2 Å². The molecule has 116 valence electrons. The van der Waals surface area contributed by atoms with Crippen LogP contribution in [0.2, 0.25) is 0 Å². The first-order chi connectivity index (χ1) is 10.4. The van der Waals surface area contributed by atoms with Crippen molar-refractivity contribution in [2.24, 2.45) is 5.92 Å². The first-order valence-electron chi connectivity index (χ1n) is 7.14. The van der Waals surface area contributed by atoms with Crippen LogP contribution in [-0.2, 0) is 16.1 Å². The molecule has 0 aliphatic carbocycles. The summed E-state index contributed by atoms with van der Waals surface area (Å²) in [4.78, 5) is 23.3. The summed E-state index contributed by atoms with van der Waals surface area (Å²) in [6, 6.07) is 8.98. The third-order valence-electron chi connectivity index (χ3n) is 3.25. The molecule has 0 radical (unpaired) electrons. The largest absolute Gasteiger partial charge is 0.348 e. The molecule has 2 N–H and O–H groups in total. The summed E-state index contributed by atoms with van der Waals surface area (Å²) >= 11 is 0. The van der Waals surface area contributed by atoms with E-state index in [1.165, 1.54) is 0 Å². The van der Waals surface area contributed by atoms with Gasteiger partial charge in [-0.3, -0.25) is 9.59 Å². The first-order valence-corrected chi connectivity index (χ1v) is 7.14. The SMILES string of the molecule is C/C(=C\C(=O)NCc1ccccc1NC(=O)CC#N)C(C)C. The van der Waals surface area contributed by atoms with Gasteiger partial charge in [0.1, 0.15) is 6.42 Å². The number of allylic oxidation sites excluding steroid dienone is 1. The van der Waals surface area contributed by atoms with Crippen LogP contribution in [0.5, 0.6) is 0 Å². The monoisotopic (exact) mass is 299 g/mol. The van der Waals surface area contributed by atoms with Gasteiger partial charge in [0.2, 0.25) is 11.8 Å². The van der Waals surface area contributed by atoms with Crippen LogP contribution in [0.1, 0.15) is 32.8 Å². The van der Waals surface area contributed by atoms with Gasteiger partial charge in [-0.25, -0.2) is 0 Å². The van der Waals surface area contributed by atoms with Crippen LogP contribution in [0.25, 0.3) is 0 Å². The third-order valence-corrected chi connectivity index (χ3v) is 3.25. The molecule has 0 aliphatic heterocycles. The van der Waals surface area contributed by atoms with Crippen molar-refractivity contribution >= 4 is 17.5 Å². The quantitative estimate of drug-likeness (QED) is 0.792. The maximum Gasteiger partial charge on any atom is 0.244 e. The zero-order chi connectivity index (χ0) is 16.5. The number of carbonyl (C=O) groups is 2. The Morgan fingerprint density at radius 1 is 1.32 bits per heavy atom. The molecule has 0 spiro atoms. The summed E-state index contributed by atoms with van der Waals surface area (Å²) in [5.41, 5.74) is 2.40. The lowest BCUT2D eigenvalue weighted by molar-refractivity contribution is -0.117. The van der Waals surface area contributed by atoms with Gasteiger partial charge >= 0.3 is 0 Å². The zero-order valence-electron chi connectivity index (χ0n) is 13.1. The molecule has 1 rings (SSSR count). The van der Waals surface area contributed by atoms with E-state index in [-0.39, 0.29) is 18.2 Å². The number of hydrogen-bond donors (Lipinski definition) is 2. The van der Waals surface area contributed by atoms with Crippen molar-refractivity contribution in [3.05, 3.63) is 41.5 Å². The molecule has 0 fully saturated rings. The van der Waals surface area contributed by atoms with E-state index >= 15 is 0 Å². The summed E-state index contributed by atoms with van der Waals surface area (Å²) in [6.07, 6.45) is 1.39. The number of benzene rings is 1. The van der Waals surface area contributed by atoms with E-state index in [0.29, 0.717) is 18.2 Å². The summed E-state index contributed by atoms with van der Waals surface area (Å²) in [6.45, 7) is 6.28. The molecule has 0 bridgehead atoms. The Bertz CT molecular complexity index is 613. The highest BCUT2D eigenvalue weighted by molar-refractivity contribution is 5.93. The van der Waals surface area contributed by atoms with Crippen molar-refractivity contribution in [1.29, 1.82) is 5.26 Å². The fourth-order valence-corrected chi connectivity index (χ4v) is 1.67. The Kier molecular flexibility index (Phi) is 6.84. The van der Waals surface area contributed by atoms with Gasteiger partial charge in [0, 0.05) is 18.3 Å². The van der Waals surface area contributed by atoms with E-state index in [9.17, 15) is 9.59 Å². The smallest absolute Gasteiger partial charge is 0.244 e. The van der Waals surface area contributed by atoms with Crippen molar-refractivity contribution in [2.75, 3.05) is 5.32 Å². The number of nitrogens with zero attached hydrogens (tertiary/aromatic N) is 1. The Morgan fingerprint density at radius 2 is 2.00 bits per heavy atom. The average molecular weight is 299 g/mol. The van der Waals surface area contributed by atoms with Gasteiger partial charge in [-0.1, -0.05) is 37.6 Å². The number of amides is 2. The summed E-state index contributed by atoms with van der Waals surface area (Å²) in [7, 11) is 0. The minimum Gasteiger partial charge on any atom is -0.348 e. The van der Waals surface area contributed by atoms with E-state index in [0.717, 1.165) is 11.1 Å². The molecule has 0 aliphatic rings. The maximum absolute atomic E-state index is 11.8. The molecule has 0 aromatic heterocycles. The Hall–Kier alpha value is -2.61. The average Bonchev–Trinajstić information content (AvgIpc) is 2.46. The molecule has 5 heteroatoms. The van der Waals surface area contributed by atoms with Crippen molar-refractivity contribution in [3.8, 4) is 6.07 Å². The lowest BCUT2D eigenvalue weighted by Gasteiger charge is -2.11. The second-order valence-corrected chi connectivity index (χ2v) is 5.30. The standard InChI is InChI=1S/C17H21N3O2/c1-12(2)13(3)10-17(22)19-11-14-6-4-5-7-15(14)20-16(21)8-9-18/h4-7,10,12H,8,11H2,1-3H3,(H,19,22)(H,20,21)/b13-10+. The predicted molar refractivity (Wildman–Crippen MR) is 85.7 cm³/mol. The predicted octanol–water partition coefficient (Wildman–Crippen LogP) is 2.76. The fourth-order valence-electron chi connectivity index (χ4n) is 1.67. The van der Waals surface area contributed by atoms with E-state index in [2.05, 4.69) is 10.6 Å². The van der Waals surface area contributed by atoms with Gasteiger partial charge in [0.15, 0.2) is 0 Å². The summed E-state index contributed by atoms with van der Waals surface area (Å²) < 4.78 is 0. The second-order valence-electron chi connectivity index (χ2n) is 5.30. The van der Waals surface area contributed by atoms with Gasteiger partial charge < -0.3 is 10.6 Å². The van der Waals surface area contributed by atoms with E-state index in [1.54, 1.807) is 24.3 Å². The van der Waals surface area contributed by atoms with Crippen LogP contribution in [0.15, 0.2) is 35.9 Å². The van der Waals surface area contributed by atoms with Crippen LogP contribution in [0.4, 0.5) is 5.69 Å². The van der Waals surface area contributed by atoms with Gasteiger partial charge in [0.05, 0.1) is 6.07 Å². The van der Waals surface area contributed by atoms with Crippen molar-refractivity contribution < 1.29 is 9.59 Å². The normalized spacial score (nSPS) is 11.0. The number of anilines is 1. The summed E-state index contributed by atoms with van der Waals surface area (Å²) in [5, 5.41) is 14.0. The molecular weight excluding hydrogens is 278 g/mol. The van der Waals surface area contributed by atoms with Crippen molar-refractivity contribution in [1.82, 2.24) is 5.32 Å². The number of carbonyl (C=O) groups excluding carboxylic acids is 2. The van der Waals surface area contributed by atoms with Gasteiger partial charge in [-0.15, -0.1) is 0 Å². The minimum atomic E-state index is -0.364. The molecule has 22 heavy (non-hydrogen) atoms. The lowest BCUT2D eigenvalue weighted by Crippen LogP contribution is -2.22. The second kappa shape index (κ2) is 8.63. The van der Waals surface area contributed by atoms with Crippen molar-refractivity contribution in [2.45, 2.75) is 33.7 Å². The molecule has 1 aromatic rings. The van der Waals surface area contributed by atoms with Gasteiger partial charge in [0.25, 0.3) is 0 Å². The van der Waals surface area contributed by atoms with Crippen molar-refractivity contribution in [3.63, 3.8) is 0 Å². The molecule has 0 unspecified atom stereocenters. The number of nitriles is 1. The van der Waals surface area contributed by atoms with Gasteiger partial charge in [-0.2, -0.15) is 5.26 Å². The third kappa shape index (κ3) is 5.80. The van der Waals surface area contributed by atoms with Crippen LogP contribution >= 0.6 is 0 Å². The molecule has 1 aromatic carbocycles. The van der Waals surface area contributed by atoms with E-state index in [1.807, 2.05) is 32.9 Å². The molecule has 0 heterocycles. The molecule has 2 amide bonds. The fraction of sp³-hybridized carbons (Fsp3) is 0.353. The first kappa shape index (κ1) is 17.4. The maximum atomic E-state index is 11.8. The number of para-hydroxylation sites is 1. The highest BCUT2D eigenvalue weighted by atomic mass is 16.2. The minimum absolute atomic E-state index is 0.163. The summed E-state index contributed by atoms with van der Waals surface area (Å²) in [5.74, 6) is -0.204. The highest BCUT2D eigenvalue weighted by Crippen LogP contribution is 2.15. The topological polar surface area (TPSA) is 82.0 Å². The molecule has 0 saturated carbocycles. The number of hydrogen-bond acceptors (Lipinski definition) is 3. The van der Waals surface area contributed by atoms with Crippen LogP contribution < -0.4 is 10.6 Å². The van der Waals surface area contributed by atoms with Gasteiger partial charge in [-0.05, 0) is 24.5 Å². The molecule has 0 saturated heterocycles. The molecular formula is C17H21N3O2. The Balaban J connectivity index is 2.71. The van der Waals surface area contributed by atoms with E-state index in [4.69, 9.17) is 5.26 Å². The number of nitrogens with one attached hydrogen (secondary N) is 2. The Labute approximate surface area is 131 Å². The van der Waals surface area contributed by atoms with Crippen LogP contribution in [-0.4, -0.2) is 11.8 Å². The number of rotatable bonds is 6. The van der Waals surface area contributed by atoms with Crippen LogP contribution in [0.3, 0.4) is 0 Å². The lowest BCUT2D eigenvalue weighted by atomic mass is 10.1. The highest BCUT2D eigenvalue weighted by Gasteiger charge is 2.07. The Morgan fingerprint density at radius 3 is 2.64 bits per heavy atom. The molecule has 0 atom stereocenters. The van der Waals surface area contributed by atoms with E-state index < -0.39 is 0 Å². The molecule has 5 nitrogen and oxygen atoms in total. The zero-order valence-corrected chi connectivity index (χ0v) is 13.1.